The molecule has 0 N–H and O–H groups in total. The maximum Gasteiger partial charge on any atom is 0.254 e. The number of benzene rings is 2. The molecule has 6 nitrogen and oxygen atoms in total. The van der Waals surface area contributed by atoms with Crippen LogP contribution >= 0.6 is 11.6 Å². The van der Waals surface area contributed by atoms with Gasteiger partial charge < -0.3 is 14.5 Å². The van der Waals surface area contributed by atoms with E-state index in [9.17, 15) is 13.6 Å². The number of nitrogens with zero attached hydrogens (tertiary/aromatic N) is 4. The molecule has 176 valence electrons. The third kappa shape index (κ3) is 4.68. The summed E-state index contributed by atoms with van der Waals surface area (Å²) in [7, 11) is 0. The van der Waals surface area contributed by atoms with Gasteiger partial charge in [0.25, 0.3) is 5.91 Å². The SMILES string of the molecule is O=C(c1ccc(Cl)cc1)N1CCc2nc(N3CCCCC3)nc(Oc3ccc(F)c(F)c3)c2C1. The Morgan fingerprint density at radius 2 is 1.71 bits per heavy atom. The Kier molecular flexibility index (Phi) is 6.32. The molecule has 0 aliphatic carbocycles. The van der Waals surface area contributed by atoms with Crippen LogP contribution in [0.25, 0.3) is 0 Å². The predicted molar refractivity (Wildman–Crippen MR) is 124 cm³/mol. The van der Waals surface area contributed by atoms with E-state index in [2.05, 4.69) is 9.88 Å². The van der Waals surface area contributed by atoms with Crippen LogP contribution in [0.5, 0.6) is 11.6 Å². The molecule has 2 aromatic carbocycles. The first-order valence-corrected chi connectivity index (χ1v) is 11.7. The zero-order chi connectivity index (χ0) is 23.7. The lowest BCUT2D eigenvalue weighted by atomic mass is 10.0. The Bertz CT molecular complexity index is 1220. The van der Waals surface area contributed by atoms with Crippen molar-refractivity contribution >= 4 is 23.5 Å². The van der Waals surface area contributed by atoms with Crippen LogP contribution in [0.4, 0.5) is 14.7 Å². The summed E-state index contributed by atoms with van der Waals surface area (Å²) in [5.41, 5.74) is 1.99. The quantitative estimate of drug-likeness (QED) is 0.497. The van der Waals surface area contributed by atoms with Gasteiger partial charge in [0.1, 0.15) is 5.75 Å². The van der Waals surface area contributed by atoms with Crippen LogP contribution in [0.2, 0.25) is 5.02 Å². The van der Waals surface area contributed by atoms with Gasteiger partial charge in [-0.3, -0.25) is 4.79 Å². The molecule has 1 amide bonds. The monoisotopic (exact) mass is 484 g/mol. The summed E-state index contributed by atoms with van der Waals surface area (Å²) in [5.74, 6) is -1.15. The number of piperidine rings is 1. The maximum atomic E-state index is 13.8. The van der Waals surface area contributed by atoms with Crippen LogP contribution in [-0.4, -0.2) is 40.4 Å². The molecular formula is C25H23ClF2N4O2. The summed E-state index contributed by atoms with van der Waals surface area (Å²) in [6, 6.07) is 10.1. The van der Waals surface area contributed by atoms with Crippen molar-refractivity contribution in [3.8, 4) is 11.6 Å². The van der Waals surface area contributed by atoms with Crippen LogP contribution in [0.3, 0.4) is 0 Å². The number of hydrogen-bond acceptors (Lipinski definition) is 5. The Balaban J connectivity index is 1.48. The van der Waals surface area contributed by atoms with Crippen molar-refractivity contribution in [3.63, 3.8) is 0 Å². The minimum Gasteiger partial charge on any atom is -0.438 e. The molecule has 5 rings (SSSR count). The summed E-state index contributed by atoms with van der Waals surface area (Å²) in [5, 5.41) is 0.557. The summed E-state index contributed by atoms with van der Waals surface area (Å²) in [4.78, 5) is 26.4. The van der Waals surface area contributed by atoms with Gasteiger partial charge in [-0.1, -0.05) is 11.6 Å². The number of carbonyl (C=O) groups is 1. The van der Waals surface area contributed by atoms with Crippen LogP contribution < -0.4 is 9.64 Å². The molecule has 0 unspecified atom stereocenters. The number of carbonyl (C=O) groups excluding carboxylic acids is 1. The van der Waals surface area contributed by atoms with E-state index in [1.54, 1.807) is 29.2 Å². The molecule has 3 heterocycles. The van der Waals surface area contributed by atoms with E-state index in [1.807, 2.05) is 0 Å². The van der Waals surface area contributed by atoms with Gasteiger partial charge in [-0.2, -0.15) is 4.98 Å². The average Bonchev–Trinajstić information content (AvgIpc) is 2.86. The smallest absolute Gasteiger partial charge is 0.254 e. The van der Waals surface area contributed by atoms with E-state index in [1.165, 1.54) is 12.5 Å². The molecular weight excluding hydrogens is 462 g/mol. The molecule has 9 heteroatoms. The average molecular weight is 485 g/mol. The van der Waals surface area contributed by atoms with Gasteiger partial charge in [0, 0.05) is 42.7 Å². The Morgan fingerprint density at radius 1 is 0.941 bits per heavy atom. The summed E-state index contributed by atoms with van der Waals surface area (Å²) in [6.45, 7) is 2.45. The topological polar surface area (TPSA) is 58.6 Å². The molecule has 3 aromatic rings. The highest BCUT2D eigenvalue weighted by atomic mass is 35.5. The highest BCUT2D eigenvalue weighted by Gasteiger charge is 2.28. The van der Waals surface area contributed by atoms with E-state index >= 15 is 0 Å². The molecule has 34 heavy (non-hydrogen) atoms. The van der Waals surface area contributed by atoms with Crippen LogP contribution in [0.15, 0.2) is 42.5 Å². The molecule has 0 bridgehead atoms. The first-order chi connectivity index (χ1) is 16.5. The van der Waals surface area contributed by atoms with Crippen molar-refractivity contribution in [3.05, 3.63) is 75.9 Å². The van der Waals surface area contributed by atoms with Crippen molar-refractivity contribution in [2.24, 2.45) is 0 Å². The fourth-order valence-corrected chi connectivity index (χ4v) is 4.42. The molecule has 2 aliphatic rings. The van der Waals surface area contributed by atoms with E-state index < -0.39 is 11.6 Å². The Hall–Kier alpha value is -3.26. The fraction of sp³-hybridized carbons (Fsp3) is 0.320. The summed E-state index contributed by atoms with van der Waals surface area (Å²) in [6.07, 6.45) is 3.82. The van der Waals surface area contributed by atoms with E-state index in [0.29, 0.717) is 35.1 Å². The van der Waals surface area contributed by atoms with Crippen molar-refractivity contribution < 1.29 is 18.3 Å². The molecule has 0 saturated carbocycles. The number of aromatic nitrogens is 2. The summed E-state index contributed by atoms with van der Waals surface area (Å²) < 4.78 is 33.2. The molecule has 1 saturated heterocycles. The van der Waals surface area contributed by atoms with Crippen LogP contribution in [0.1, 0.15) is 40.9 Å². The molecule has 0 atom stereocenters. The first-order valence-electron chi connectivity index (χ1n) is 11.3. The molecule has 2 aliphatic heterocycles. The van der Waals surface area contributed by atoms with Gasteiger partial charge in [0.15, 0.2) is 11.6 Å². The lowest BCUT2D eigenvalue weighted by Crippen LogP contribution is -2.37. The van der Waals surface area contributed by atoms with Crippen molar-refractivity contribution in [2.75, 3.05) is 24.5 Å². The Morgan fingerprint density at radius 3 is 2.44 bits per heavy atom. The predicted octanol–water partition coefficient (Wildman–Crippen LogP) is 5.39. The van der Waals surface area contributed by atoms with Crippen LogP contribution in [-0.2, 0) is 13.0 Å². The van der Waals surface area contributed by atoms with Gasteiger partial charge >= 0.3 is 0 Å². The Labute approximate surface area is 201 Å². The van der Waals surface area contributed by atoms with Crippen LogP contribution in [0, 0.1) is 11.6 Å². The van der Waals surface area contributed by atoms with Gasteiger partial charge in [-0.25, -0.2) is 13.8 Å². The largest absolute Gasteiger partial charge is 0.438 e. The maximum absolute atomic E-state index is 13.8. The minimum absolute atomic E-state index is 0.130. The molecule has 0 radical (unpaired) electrons. The minimum atomic E-state index is -1.00. The van der Waals surface area contributed by atoms with Gasteiger partial charge in [-0.15, -0.1) is 0 Å². The number of amides is 1. The second-order valence-electron chi connectivity index (χ2n) is 8.46. The highest BCUT2D eigenvalue weighted by Crippen LogP contribution is 2.33. The number of halogens is 3. The van der Waals surface area contributed by atoms with E-state index in [-0.39, 0.29) is 24.1 Å². The van der Waals surface area contributed by atoms with E-state index in [4.69, 9.17) is 21.3 Å². The third-order valence-electron chi connectivity index (χ3n) is 6.13. The lowest BCUT2D eigenvalue weighted by molar-refractivity contribution is 0.0732. The second-order valence-corrected chi connectivity index (χ2v) is 8.90. The molecule has 0 spiro atoms. The third-order valence-corrected chi connectivity index (χ3v) is 6.39. The molecule has 1 fully saturated rings. The number of rotatable bonds is 4. The van der Waals surface area contributed by atoms with Gasteiger partial charge in [-0.05, 0) is 55.7 Å². The van der Waals surface area contributed by atoms with Gasteiger partial charge in [0.2, 0.25) is 11.8 Å². The second kappa shape index (κ2) is 9.54. The van der Waals surface area contributed by atoms with Crippen molar-refractivity contribution in [1.29, 1.82) is 0 Å². The standard InChI is InChI=1S/C25H23ClF2N4O2/c26-17-6-4-16(5-7-17)24(33)32-13-10-22-19(15-32)23(34-18-8-9-20(27)21(28)14-18)30-25(29-22)31-11-2-1-3-12-31/h4-9,14H,1-3,10-13,15H2. The van der Waals surface area contributed by atoms with Gasteiger partial charge in [0.05, 0.1) is 17.8 Å². The number of ether oxygens (including phenoxy) is 1. The number of hydrogen-bond donors (Lipinski definition) is 0. The lowest BCUT2D eigenvalue weighted by Gasteiger charge is -2.32. The molecule has 1 aromatic heterocycles. The zero-order valence-electron chi connectivity index (χ0n) is 18.4. The normalized spacial score (nSPS) is 15.7. The first kappa shape index (κ1) is 22.5. The van der Waals surface area contributed by atoms with E-state index in [0.717, 1.165) is 43.8 Å². The number of anilines is 1. The number of fused-ring (bicyclic) bond motifs is 1. The van der Waals surface area contributed by atoms with Crippen molar-refractivity contribution in [1.82, 2.24) is 14.9 Å². The van der Waals surface area contributed by atoms with Crippen molar-refractivity contribution in [2.45, 2.75) is 32.2 Å². The zero-order valence-corrected chi connectivity index (χ0v) is 19.2. The highest BCUT2D eigenvalue weighted by molar-refractivity contribution is 6.30. The summed E-state index contributed by atoms with van der Waals surface area (Å²) >= 11 is 5.95. The fourth-order valence-electron chi connectivity index (χ4n) is 4.29.